The molecule has 1 amide bonds. The Morgan fingerprint density at radius 2 is 1.64 bits per heavy atom. The second-order valence-electron chi connectivity index (χ2n) is 7.02. The normalized spacial score (nSPS) is 16.8. The Balaban J connectivity index is 1.67. The molecule has 1 atom stereocenters. The third-order valence-corrected chi connectivity index (χ3v) is 5.16. The zero-order valence-electron chi connectivity index (χ0n) is 16.3. The van der Waals surface area contributed by atoms with Crippen molar-refractivity contribution in [3.8, 4) is 0 Å². The highest BCUT2D eigenvalue weighted by molar-refractivity contribution is 5.81. The molecule has 1 aliphatic heterocycles. The number of benzene rings is 2. The Morgan fingerprint density at radius 1 is 1.04 bits per heavy atom. The smallest absolute Gasteiger partial charge is 0.306 e. The molecule has 0 spiro atoms. The predicted octanol–water partition coefficient (Wildman–Crippen LogP) is 3.39. The first kappa shape index (κ1) is 20.1. The molecule has 1 saturated heterocycles. The van der Waals surface area contributed by atoms with E-state index in [-0.39, 0.29) is 36.7 Å². The van der Waals surface area contributed by atoms with Crippen molar-refractivity contribution in [2.45, 2.75) is 31.3 Å². The van der Waals surface area contributed by atoms with Crippen molar-refractivity contribution in [1.29, 1.82) is 0 Å². The Labute approximate surface area is 166 Å². The average Bonchev–Trinajstić information content (AvgIpc) is 2.77. The second-order valence-corrected chi connectivity index (χ2v) is 7.02. The highest BCUT2D eigenvalue weighted by atomic mass is 16.5. The number of nitrogens with zero attached hydrogens (tertiary/aromatic N) is 1. The van der Waals surface area contributed by atoms with Crippen molar-refractivity contribution in [2.24, 2.45) is 0 Å². The molecule has 3 rings (SSSR count). The quantitative estimate of drug-likeness (QED) is 0.690. The van der Waals surface area contributed by atoms with Crippen LogP contribution in [0.15, 0.2) is 60.7 Å². The maximum atomic E-state index is 12.5. The zero-order chi connectivity index (χ0) is 19.8. The molecular weight excluding hydrogens is 354 g/mol. The second kappa shape index (κ2) is 10.0. The van der Waals surface area contributed by atoms with Crippen LogP contribution in [0, 0.1) is 0 Å². The molecule has 5 nitrogen and oxygen atoms in total. The van der Waals surface area contributed by atoms with Crippen LogP contribution in [-0.4, -0.2) is 49.7 Å². The standard InChI is InChI=1S/C23H27NO4/c1-27-23(26)13-12-22(25)24-14-15-28-20(17-24)16-21(18-8-4-2-5-9-18)19-10-6-3-7-11-19/h2-11,20-21H,12-17H2,1H3. The van der Waals surface area contributed by atoms with Crippen LogP contribution >= 0.6 is 0 Å². The number of rotatable bonds is 7. The van der Waals surface area contributed by atoms with Crippen molar-refractivity contribution in [1.82, 2.24) is 4.90 Å². The van der Waals surface area contributed by atoms with Crippen LogP contribution in [0.5, 0.6) is 0 Å². The lowest BCUT2D eigenvalue weighted by atomic mass is 9.86. The number of hydrogen-bond acceptors (Lipinski definition) is 4. The van der Waals surface area contributed by atoms with Gasteiger partial charge in [-0.15, -0.1) is 0 Å². The summed E-state index contributed by atoms with van der Waals surface area (Å²) in [5.41, 5.74) is 2.48. The third kappa shape index (κ3) is 5.42. The molecule has 0 N–H and O–H groups in total. The van der Waals surface area contributed by atoms with Gasteiger partial charge >= 0.3 is 5.97 Å². The van der Waals surface area contributed by atoms with Crippen LogP contribution in [0.4, 0.5) is 0 Å². The highest BCUT2D eigenvalue weighted by Gasteiger charge is 2.28. The average molecular weight is 381 g/mol. The van der Waals surface area contributed by atoms with E-state index in [0.717, 1.165) is 6.42 Å². The maximum Gasteiger partial charge on any atom is 0.306 e. The minimum absolute atomic E-state index is 0.0188. The number of carbonyl (C=O) groups is 2. The van der Waals surface area contributed by atoms with E-state index in [0.29, 0.717) is 19.7 Å². The lowest BCUT2D eigenvalue weighted by Crippen LogP contribution is -2.46. The number of amides is 1. The summed E-state index contributed by atoms with van der Waals surface area (Å²) in [5.74, 6) is -0.168. The van der Waals surface area contributed by atoms with Crippen molar-refractivity contribution >= 4 is 11.9 Å². The van der Waals surface area contributed by atoms with E-state index >= 15 is 0 Å². The van der Waals surface area contributed by atoms with Crippen LogP contribution in [0.3, 0.4) is 0 Å². The van der Waals surface area contributed by atoms with Crippen LogP contribution in [-0.2, 0) is 19.1 Å². The van der Waals surface area contributed by atoms with Gasteiger partial charge in [-0.05, 0) is 17.5 Å². The summed E-state index contributed by atoms with van der Waals surface area (Å²) in [5, 5.41) is 0. The molecule has 1 aliphatic rings. The monoisotopic (exact) mass is 381 g/mol. The first-order valence-corrected chi connectivity index (χ1v) is 9.73. The highest BCUT2D eigenvalue weighted by Crippen LogP contribution is 2.31. The third-order valence-electron chi connectivity index (χ3n) is 5.16. The fourth-order valence-corrected chi connectivity index (χ4v) is 3.66. The van der Waals surface area contributed by atoms with Crippen molar-refractivity contribution in [3.05, 3.63) is 71.8 Å². The van der Waals surface area contributed by atoms with Crippen LogP contribution in [0.1, 0.15) is 36.3 Å². The lowest BCUT2D eigenvalue weighted by Gasteiger charge is -2.35. The molecule has 0 bridgehead atoms. The van der Waals surface area contributed by atoms with Crippen LogP contribution < -0.4 is 0 Å². The fraction of sp³-hybridized carbons (Fsp3) is 0.391. The zero-order valence-corrected chi connectivity index (χ0v) is 16.3. The SMILES string of the molecule is COC(=O)CCC(=O)N1CCOC(CC(c2ccccc2)c2ccccc2)C1. The number of morpholine rings is 1. The van der Waals surface area contributed by atoms with Gasteiger partial charge in [0.25, 0.3) is 0 Å². The summed E-state index contributed by atoms with van der Waals surface area (Å²) in [6, 6.07) is 20.8. The van der Waals surface area contributed by atoms with Crippen LogP contribution in [0.25, 0.3) is 0 Å². The molecule has 28 heavy (non-hydrogen) atoms. The molecule has 0 radical (unpaired) electrons. The molecule has 2 aromatic carbocycles. The minimum atomic E-state index is -0.355. The fourth-order valence-electron chi connectivity index (χ4n) is 3.66. The van der Waals surface area contributed by atoms with E-state index < -0.39 is 0 Å². The van der Waals surface area contributed by atoms with Gasteiger partial charge < -0.3 is 14.4 Å². The van der Waals surface area contributed by atoms with Gasteiger partial charge in [0.2, 0.25) is 5.91 Å². The van der Waals surface area contributed by atoms with E-state index in [1.807, 2.05) is 17.0 Å². The van der Waals surface area contributed by atoms with Gasteiger partial charge in [-0.2, -0.15) is 0 Å². The van der Waals surface area contributed by atoms with Gasteiger partial charge in [0.15, 0.2) is 0 Å². The van der Waals surface area contributed by atoms with Gasteiger partial charge in [-0.1, -0.05) is 60.7 Å². The van der Waals surface area contributed by atoms with E-state index in [1.165, 1.54) is 18.2 Å². The van der Waals surface area contributed by atoms with Gasteiger partial charge in [0.1, 0.15) is 0 Å². The predicted molar refractivity (Wildman–Crippen MR) is 107 cm³/mol. The summed E-state index contributed by atoms with van der Waals surface area (Å²) in [4.78, 5) is 25.6. The summed E-state index contributed by atoms with van der Waals surface area (Å²) in [6.45, 7) is 1.64. The first-order valence-electron chi connectivity index (χ1n) is 9.73. The molecule has 0 aromatic heterocycles. The van der Waals surface area contributed by atoms with E-state index in [1.54, 1.807) is 0 Å². The number of carbonyl (C=O) groups excluding carboxylic acids is 2. The molecule has 2 aromatic rings. The van der Waals surface area contributed by atoms with E-state index in [2.05, 4.69) is 53.3 Å². The maximum absolute atomic E-state index is 12.5. The van der Waals surface area contributed by atoms with Crippen molar-refractivity contribution in [2.75, 3.05) is 26.8 Å². The topological polar surface area (TPSA) is 55.8 Å². The Kier molecular flexibility index (Phi) is 7.20. The summed E-state index contributed by atoms with van der Waals surface area (Å²) in [6.07, 6.45) is 1.06. The Hall–Kier alpha value is -2.66. The van der Waals surface area contributed by atoms with Crippen molar-refractivity contribution in [3.63, 3.8) is 0 Å². The molecule has 0 aliphatic carbocycles. The Bertz CT molecular complexity index is 723. The Morgan fingerprint density at radius 3 is 2.21 bits per heavy atom. The molecule has 1 heterocycles. The van der Waals surface area contributed by atoms with Gasteiger partial charge in [-0.25, -0.2) is 0 Å². The van der Waals surface area contributed by atoms with Crippen LogP contribution in [0.2, 0.25) is 0 Å². The summed E-state index contributed by atoms with van der Waals surface area (Å²) >= 11 is 0. The lowest BCUT2D eigenvalue weighted by molar-refractivity contribution is -0.146. The first-order chi connectivity index (χ1) is 13.7. The number of hydrogen-bond donors (Lipinski definition) is 0. The molecule has 1 unspecified atom stereocenters. The van der Waals surface area contributed by atoms with Gasteiger partial charge in [0, 0.05) is 25.4 Å². The number of methoxy groups -OCH3 is 1. The molecule has 1 fully saturated rings. The van der Waals surface area contributed by atoms with Gasteiger partial charge in [0.05, 0.1) is 26.2 Å². The summed E-state index contributed by atoms with van der Waals surface area (Å²) in [7, 11) is 1.34. The molecule has 5 heteroatoms. The van der Waals surface area contributed by atoms with E-state index in [4.69, 9.17) is 4.74 Å². The van der Waals surface area contributed by atoms with Gasteiger partial charge in [-0.3, -0.25) is 9.59 Å². The molecule has 148 valence electrons. The largest absolute Gasteiger partial charge is 0.469 e. The number of ether oxygens (including phenoxy) is 2. The van der Waals surface area contributed by atoms with Crippen molar-refractivity contribution < 1.29 is 19.1 Å². The summed E-state index contributed by atoms with van der Waals surface area (Å²) < 4.78 is 10.6. The molecular formula is C23H27NO4. The van der Waals surface area contributed by atoms with E-state index in [9.17, 15) is 9.59 Å². The number of esters is 1. The minimum Gasteiger partial charge on any atom is -0.469 e. The molecule has 0 saturated carbocycles.